The molecule has 0 aromatic heterocycles. The maximum atomic E-state index is 11.8. The SMILES string of the molecule is CCS(=O)(=O)CC(=O)Nc1cccc(N2CCCCC2)c1. The first-order chi connectivity index (χ1) is 10.00. The number of sulfone groups is 1. The van der Waals surface area contributed by atoms with E-state index in [4.69, 9.17) is 0 Å². The quantitative estimate of drug-likeness (QED) is 0.904. The van der Waals surface area contributed by atoms with Crippen molar-refractivity contribution in [3.05, 3.63) is 24.3 Å². The second-order valence-electron chi connectivity index (χ2n) is 5.32. The summed E-state index contributed by atoms with van der Waals surface area (Å²) in [5.41, 5.74) is 1.72. The Hall–Kier alpha value is -1.56. The lowest BCUT2D eigenvalue weighted by Crippen LogP contribution is -2.29. The van der Waals surface area contributed by atoms with Crippen molar-refractivity contribution in [1.82, 2.24) is 0 Å². The van der Waals surface area contributed by atoms with Gasteiger partial charge in [0.05, 0.1) is 0 Å². The van der Waals surface area contributed by atoms with Gasteiger partial charge in [-0.2, -0.15) is 0 Å². The average molecular weight is 310 g/mol. The van der Waals surface area contributed by atoms with Gasteiger partial charge in [-0.3, -0.25) is 4.79 Å². The minimum Gasteiger partial charge on any atom is -0.371 e. The maximum absolute atomic E-state index is 11.8. The molecule has 0 unspecified atom stereocenters. The molecule has 6 heteroatoms. The summed E-state index contributed by atoms with van der Waals surface area (Å²) in [7, 11) is -3.29. The number of hydrogen-bond acceptors (Lipinski definition) is 4. The van der Waals surface area contributed by atoms with Crippen LogP contribution in [0.2, 0.25) is 0 Å². The Labute approximate surface area is 126 Å². The van der Waals surface area contributed by atoms with E-state index in [1.807, 2.05) is 18.2 Å². The minimum atomic E-state index is -3.29. The average Bonchev–Trinajstić information content (AvgIpc) is 2.48. The van der Waals surface area contributed by atoms with Gasteiger partial charge in [-0.1, -0.05) is 13.0 Å². The highest BCUT2D eigenvalue weighted by Crippen LogP contribution is 2.23. The van der Waals surface area contributed by atoms with Gasteiger partial charge in [0.1, 0.15) is 5.75 Å². The van der Waals surface area contributed by atoms with E-state index >= 15 is 0 Å². The van der Waals surface area contributed by atoms with Crippen molar-refractivity contribution in [3.63, 3.8) is 0 Å². The molecule has 116 valence electrons. The molecule has 2 rings (SSSR count). The highest BCUT2D eigenvalue weighted by molar-refractivity contribution is 7.92. The Bertz CT molecular complexity index is 593. The lowest BCUT2D eigenvalue weighted by atomic mass is 10.1. The number of rotatable bonds is 5. The van der Waals surface area contributed by atoms with E-state index in [9.17, 15) is 13.2 Å². The van der Waals surface area contributed by atoms with E-state index in [0.29, 0.717) is 5.69 Å². The van der Waals surface area contributed by atoms with E-state index in [2.05, 4.69) is 10.2 Å². The van der Waals surface area contributed by atoms with Gasteiger partial charge in [-0.15, -0.1) is 0 Å². The molecule has 1 amide bonds. The number of hydrogen-bond donors (Lipinski definition) is 1. The molecule has 1 aliphatic heterocycles. The Morgan fingerprint density at radius 2 is 1.95 bits per heavy atom. The number of nitrogens with zero attached hydrogens (tertiary/aromatic N) is 1. The molecule has 1 heterocycles. The van der Waals surface area contributed by atoms with Crippen molar-refractivity contribution in [2.75, 3.05) is 34.8 Å². The number of anilines is 2. The number of carbonyl (C=O) groups is 1. The summed E-state index contributed by atoms with van der Waals surface area (Å²) in [5.74, 6) is -0.960. The summed E-state index contributed by atoms with van der Waals surface area (Å²) < 4.78 is 22.9. The van der Waals surface area contributed by atoms with E-state index in [0.717, 1.165) is 18.8 Å². The summed E-state index contributed by atoms with van der Waals surface area (Å²) in [6, 6.07) is 7.59. The lowest BCUT2D eigenvalue weighted by molar-refractivity contribution is -0.113. The van der Waals surface area contributed by atoms with Gasteiger partial charge in [0.2, 0.25) is 5.91 Å². The standard InChI is InChI=1S/C15H22N2O3S/c1-2-21(19,20)12-15(18)16-13-7-6-8-14(11-13)17-9-4-3-5-10-17/h6-8,11H,2-5,9-10,12H2,1H3,(H,16,18). The Balaban J connectivity index is 2.02. The maximum Gasteiger partial charge on any atom is 0.239 e. The minimum absolute atomic E-state index is 0.0196. The van der Waals surface area contributed by atoms with Crippen molar-refractivity contribution >= 4 is 27.1 Å². The zero-order valence-corrected chi connectivity index (χ0v) is 13.2. The smallest absolute Gasteiger partial charge is 0.239 e. The van der Waals surface area contributed by atoms with Crippen LogP contribution in [0.5, 0.6) is 0 Å². The molecule has 0 spiro atoms. The van der Waals surface area contributed by atoms with E-state index in [1.54, 1.807) is 13.0 Å². The Morgan fingerprint density at radius 3 is 2.62 bits per heavy atom. The predicted molar refractivity (Wildman–Crippen MR) is 85.5 cm³/mol. The molecular weight excluding hydrogens is 288 g/mol. The summed E-state index contributed by atoms with van der Waals surface area (Å²) >= 11 is 0. The van der Waals surface area contributed by atoms with Gasteiger partial charge < -0.3 is 10.2 Å². The molecule has 0 aliphatic carbocycles. The zero-order chi connectivity index (χ0) is 15.3. The fraction of sp³-hybridized carbons (Fsp3) is 0.533. The first-order valence-corrected chi connectivity index (χ1v) is 9.17. The van der Waals surface area contributed by atoms with Crippen LogP contribution < -0.4 is 10.2 Å². The number of carbonyl (C=O) groups excluding carboxylic acids is 1. The summed E-state index contributed by atoms with van der Waals surface area (Å²) in [6.07, 6.45) is 3.64. The fourth-order valence-electron chi connectivity index (χ4n) is 2.43. The third-order valence-corrected chi connectivity index (χ3v) is 5.22. The Morgan fingerprint density at radius 1 is 1.24 bits per heavy atom. The highest BCUT2D eigenvalue weighted by Gasteiger charge is 2.15. The van der Waals surface area contributed by atoms with Gasteiger partial charge in [0, 0.05) is 30.2 Å². The molecule has 0 bridgehead atoms. The van der Waals surface area contributed by atoms with Crippen LogP contribution in [-0.4, -0.2) is 38.9 Å². The van der Waals surface area contributed by atoms with Crippen LogP contribution in [0.3, 0.4) is 0 Å². The third-order valence-electron chi connectivity index (χ3n) is 3.64. The molecular formula is C15H22N2O3S. The molecule has 0 radical (unpaired) electrons. The van der Waals surface area contributed by atoms with E-state index in [-0.39, 0.29) is 5.75 Å². The third kappa shape index (κ3) is 4.74. The molecule has 1 fully saturated rings. The molecule has 5 nitrogen and oxygen atoms in total. The Kier molecular flexibility index (Phi) is 5.22. The largest absolute Gasteiger partial charge is 0.371 e. The molecule has 21 heavy (non-hydrogen) atoms. The van der Waals surface area contributed by atoms with Crippen molar-refractivity contribution in [1.29, 1.82) is 0 Å². The molecule has 1 aromatic carbocycles. The normalized spacial score (nSPS) is 15.8. The molecule has 1 saturated heterocycles. The lowest BCUT2D eigenvalue weighted by Gasteiger charge is -2.29. The van der Waals surface area contributed by atoms with Crippen LogP contribution in [0.15, 0.2) is 24.3 Å². The summed E-state index contributed by atoms with van der Waals surface area (Å²) in [5, 5.41) is 2.67. The van der Waals surface area contributed by atoms with Crippen LogP contribution in [0.1, 0.15) is 26.2 Å². The van der Waals surface area contributed by atoms with E-state index in [1.165, 1.54) is 19.3 Å². The molecule has 1 aromatic rings. The topological polar surface area (TPSA) is 66.5 Å². The number of amides is 1. The second kappa shape index (κ2) is 6.93. The molecule has 0 atom stereocenters. The summed E-state index contributed by atoms with van der Waals surface area (Å²) in [4.78, 5) is 14.1. The predicted octanol–water partition coefficient (Wildman–Crippen LogP) is 2.05. The molecule has 0 saturated carbocycles. The van der Waals surface area contributed by atoms with Crippen molar-refractivity contribution < 1.29 is 13.2 Å². The van der Waals surface area contributed by atoms with Gasteiger partial charge in [0.15, 0.2) is 9.84 Å². The highest BCUT2D eigenvalue weighted by atomic mass is 32.2. The zero-order valence-electron chi connectivity index (χ0n) is 12.3. The number of benzene rings is 1. The van der Waals surface area contributed by atoms with Gasteiger partial charge >= 0.3 is 0 Å². The first-order valence-electron chi connectivity index (χ1n) is 7.35. The van der Waals surface area contributed by atoms with Crippen LogP contribution in [0.25, 0.3) is 0 Å². The number of piperidine rings is 1. The van der Waals surface area contributed by atoms with Gasteiger partial charge in [-0.25, -0.2) is 8.42 Å². The van der Waals surface area contributed by atoms with Crippen LogP contribution in [0.4, 0.5) is 11.4 Å². The number of nitrogens with one attached hydrogen (secondary N) is 1. The van der Waals surface area contributed by atoms with Gasteiger partial charge in [-0.05, 0) is 37.5 Å². The molecule has 1 N–H and O–H groups in total. The molecule has 1 aliphatic rings. The van der Waals surface area contributed by atoms with Crippen LogP contribution in [0, 0.1) is 0 Å². The van der Waals surface area contributed by atoms with Crippen molar-refractivity contribution in [2.24, 2.45) is 0 Å². The van der Waals surface area contributed by atoms with Crippen molar-refractivity contribution in [2.45, 2.75) is 26.2 Å². The monoisotopic (exact) mass is 310 g/mol. The second-order valence-corrected chi connectivity index (χ2v) is 7.68. The van der Waals surface area contributed by atoms with Gasteiger partial charge in [0.25, 0.3) is 0 Å². The van der Waals surface area contributed by atoms with E-state index < -0.39 is 21.5 Å². The fourth-order valence-corrected chi connectivity index (χ4v) is 3.11. The van der Waals surface area contributed by atoms with Crippen LogP contribution >= 0.6 is 0 Å². The van der Waals surface area contributed by atoms with Crippen molar-refractivity contribution in [3.8, 4) is 0 Å². The summed E-state index contributed by atoms with van der Waals surface area (Å²) in [6.45, 7) is 3.60. The first kappa shape index (κ1) is 15.8. The van der Waals surface area contributed by atoms with Crippen LogP contribution in [-0.2, 0) is 14.6 Å².